The maximum Gasteiger partial charge on any atom is 0.0136 e. The van der Waals surface area contributed by atoms with Gasteiger partial charge in [-0.15, -0.1) is 5.73 Å². The van der Waals surface area contributed by atoms with Crippen molar-refractivity contribution in [1.82, 2.24) is 0 Å². The van der Waals surface area contributed by atoms with Gasteiger partial charge in [-0.1, -0.05) is 30.5 Å². The lowest BCUT2D eigenvalue weighted by Crippen LogP contribution is -1.89. The minimum Gasteiger partial charge on any atom is -0.125 e. The smallest absolute Gasteiger partial charge is 0.0136 e. The fourth-order valence-corrected chi connectivity index (χ4v) is 2.41. The summed E-state index contributed by atoms with van der Waals surface area (Å²) >= 11 is 1.82. The third-order valence-corrected chi connectivity index (χ3v) is 3.21. The number of hydrogen-bond donors (Lipinski definition) is 0. The molecule has 2 rings (SSSR count). The first-order valence-corrected chi connectivity index (χ1v) is 4.85. The second kappa shape index (κ2) is 3.22. The van der Waals surface area contributed by atoms with Crippen molar-refractivity contribution < 1.29 is 0 Å². The molecule has 0 nitrogen and oxygen atoms in total. The summed E-state index contributed by atoms with van der Waals surface area (Å²) < 4.78 is 0. The summed E-state index contributed by atoms with van der Waals surface area (Å²) in [5, 5.41) is 0. The number of thioether (sulfide) groups is 1. The molecule has 1 heteroatoms. The number of allylic oxidation sites excluding steroid dienone is 5. The Hall–Kier alpha value is -0.910. The van der Waals surface area contributed by atoms with E-state index in [9.17, 15) is 0 Å². The van der Waals surface area contributed by atoms with Crippen molar-refractivity contribution in [2.45, 2.75) is 6.42 Å². The first kappa shape index (κ1) is 7.72. The van der Waals surface area contributed by atoms with E-state index < -0.39 is 0 Å². The van der Waals surface area contributed by atoms with Crippen molar-refractivity contribution >= 4 is 11.8 Å². The summed E-state index contributed by atoms with van der Waals surface area (Å²) in [6.07, 6.45) is 11.5. The van der Waals surface area contributed by atoms with Crippen LogP contribution < -0.4 is 0 Å². The van der Waals surface area contributed by atoms with Crippen LogP contribution in [0.25, 0.3) is 0 Å². The van der Waals surface area contributed by atoms with E-state index in [0.29, 0.717) is 5.92 Å². The van der Waals surface area contributed by atoms with Gasteiger partial charge in [0.25, 0.3) is 0 Å². The standard InChI is InChI=1S/C11H10S/c1-2-10-8-9-6-4-3-5-7-11(9)12-10/h2,4-5,7-9H,1,6H2. The molecule has 2 aliphatic rings. The average molecular weight is 174 g/mol. The van der Waals surface area contributed by atoms with Crippen molar-refractivity contribution in [2.75, 3.05) is 0 Å². The van der Waals surface area contributed by atoms with Gasteiger partial charge < -0.3 is 0 Å². The summed E-state index contributed by atoms with van der Waals surface area (Å²) in [6, 6.07) is 0. The molecular weight excluding hydrogens is 164 g/mol. The van der Waals surface area contributed by atoms with Crippen LogP contribution in [0.1, 0.15) is 6.42 Å². The van der Waals surface area contributed by atoms with E-state index in [0.717, 1.165) is 6.42 Å². The fourth-order valence-electron chi connectivity index (χ4n) is 1.37. The molecule has 0 N–H and O–H groups in total. The normalized spacial score (nSPS) is 25.8. The van der Waals surface area contributed by atoms with Crippen LogP contribution in [-0.4, -0.2) is 0 Å². The summed E-state index contributed by atoms with van der Waals surface area (Å²) in [5.41, 5.74) is 3.11. The highest BCUT2D eigenvalue weighted by Crippen LogP contribution is 2.42. The molecule has 0 saturated heterocycles. The van der Waals surface area contributed by atoms with Crippen LogP contribution in [-0.2, 0) is 0 Å². The van der Waals surface area contributed by atoms with Gasteiger partial charge in [-0.3, -0.25) is 0 Å². The molecule has 1 heterocycles. The molecule has 60 valence electrons. The number of hydrogen-bond acceptors (Lipinski definition) is 1. The molecule has 0 bridgehead atoms. The van der Waals surface area contributed by atoms with Crippen LogP contribution in [0.4, 0.5) is 0 Å². The first-order chi connectivity index (χ1) is 5.90. The van der Waals surface area contributed by atoms with Gasteiger partial charge in [-0.2, -0.15) is 0 Å². The summed E-state index contributed by atoms with van der Waals surface area (Å²) in [5.74, 6) is 0.578. The SMILES string of the molecule is C=CC1=CC2CC=C=CC=C2S1. The third-order valence-electron chi connectivity index (χ3n) is 2.00. The van der Waals surface area contributed by atoms with Crippen LogP contribution in [0.15, 0.2) is 52.5 Å². The largest absolute Gasteiger partial charge is 0.125 e. The minimum absolute atomic E-state index is 0.578. The Morgan fingerprint density at radius 2 is 2.58 bits per heavy atom. The Labute approximate surface area is 77.1 Å². The molecule has 0 spiro atoms. The molecule has 0 aromatic heterocycles. The predicted molar refractivity (Wildman–Crippen MR) is 54.7 cm³/mol. The Kier molecular flexibility index (Phi) is 2.07. The van der Waals surface area contributed by atoms with E-state index in [1.54, 1.807) is 0 Å². The number of fused-ring (bicyclic) bond motifs is 1. The zero-order chi connectivity index (χ0) is 8.39. The zero-order valence-electron chi connectivity index (χ0n) is 6.79. The predicted octanol–water partition coefficient (Wildman–Crippen LogP) is 3.42. The molecule has 0 fully saturated rings. The Morgan fingerprint density at radius 3 is 3.42 bits per heavy atom. The van der Waals surface area contributed by atoms with Crippen LogP contribution in [0.2, 0.25) is 0 Å². The molecule has 0 amide bonds. The van der Waals surface area contributed by atoms with Crippen molar-refractivity contribution in [3.63, 3.8) is 0 Å². The van der Waals surface area contributed by atoms with Crippen LogP contribution >= 0.6 is 11.8 Å². The van der Waals surface area contributed by atoms with Crippen molar-refractivity contribution in [2.24, 2.45) is 5.92 Å². The van der Waals surface area contributed by atoms with Gasteiger partial charge in [-0.25, -0.2) is 0 Å². The van der Waals surface area contributed by atoms with Gasteiger partial charge in [-0.05, 0) is 29.6 Å². The maximum absolute atomic E-state index is 3.77. The van der Waals surface area contributed by atoms with Crippen LogP contribution in [0, 0.1) is 5.92 Å². The summed E-state index contributed by atoms with van der Waals surface area (Å²) in [6.45, 7) is 3.77. The first-order valence-electron chi connectivity index (χ1n) is 4.03. The van der Waals surface area contributed by atoms with E-state index >= 15 is 0 Å². The second-order valence-electron chi connectivity index (χ2n) is 2.82. The van der Waals surface area contributed by atoms with Gasteiger partial charge in [0.15, 0.2) is 0 Å². The fraction of sp³-hybridized carbons (Fsp3) is 0.182. The second-order valence-corrected chi connectivity index (χ2v) is 3.97. The highest BCUT2D eigenvalue weighted by atomic mass is 32.2. The molecular formula is C11H10S. The van der Waals surface area contributed by atoms with E-state index in [2.05, 4.69) is 30.5 Å². The highest BCUT2D eigenvalue weighted by Gasteiger charge is 2.19. The van der Waals surface area contributed by atoms with Crippen LogP contribution in [0.5, 0.6) is 0 Å². The minimum atomic E-state index is 0.578. The highest BCUT2D eigenvalue weighted by molar-refractivity contribution is 8.07. The van der Waals surface area contributed by atoms with Gasteiger partial charge in [0.05, 0.1) is 0 Å². The topological polar surface area (TPSA) is 0 Å². The summed E-state index contributed by atoms with van der Waals surface area (Å²) in [4.78, 5) is 2.71. The van der Waals surface area contributed by atoms with Crippen LogP contribution in [0.3, 0.4) is 0 Å². The maximum atomic E-state index is 3.77. The molecule has 0 aromatic rings. The molecule has 1 aliphatic heterocycles. The van der Waals surface area contributed by atoms with E-state index in [4.69, 9.17) is 0 Å². The monoisotopic (exact) mass is 174 g/mol. The Morgan fingerprint density at radius 1 is 1.67 bits per heavy atom. The lowest BCUT2D eigenvalue weighted by Gasteiger charge is -2.03. The Balaban J connectivity index is 2.29. The van der Waals surface area contributed by atoms with Gasteiger partial charge in [0.2, 0.25) is 0 Å². The molecule has 0 radical (unpaired) electrons. The molecule has 0 saturated carbocycles. The quantitative estimate of drug-likeness (QED) is 0.549. The number of rotatable bonds is 1. The molecule has 12 heavy (non-hydrogen) atoms. The van der Waals surface area contributed by atoms with Crippen molar-refractivity contribution in [1.29, 1.82) is 0 Å². The molecule has 1 atom stereocenters. The molecule has 1 aliphatic carbocycles. The lowest BCUT2D eigenvalue weighted by molar-refractivity contribution is 0.829. The van der Waals surface area contributed by atoms with Crippen molar-refractivity contribution in [3.8, 4) is 0 Å². The van der Waals surface area contributed by atoms with E-state index in [1.807, 2.05) is 23.9 Å². The zero-order valence-corrected chi connectivity index (χ0v) is 7.60. The lowest BCUT2D eigenvalue weighted by atomic mass is 10.1. The van der Waals surface area contributed by atoms with Gasteiger partial charge >= 0.3 is 0 Å². The van der Waals surface area contributed by atoms with E-state index in [-0.39, 0.29) is 0 Å². The molecule has 0 aromatic carbocycles. The van der Waals surface area contributed by atoms with Crippen molar-refractivity contribution in [3.05, 3.63) is 52.5 Å². The summed E-state index contributed by atoms with van der Waals surface area (Å²) in [7, 11) is 0. The van der Waals surface area contributed by atoms with E-state index in [1.165, 1.54) is 9.81 Å². The third kappa shape index (κ3) is 1.34. The Bertz CT molecular complexity index is 325. The average Bonchev–Trinajstić information content (AvgIpc) is 2.37. The van der Waals surface area contributed by atoms with Gasteiger partial charge in [0, 0.05) is 10.8 Å². The van der Waals surface area contributed by atoms with Gasteiger partial charge in [0.1, 0.15) is 0 Å². The molecule has 1 unspecified atom stereocenters.